The standard InChI is InChI=1S/C22H30ClN3O4S/c1-15(2)21(25-31(28,29)19-11-9-17(23)10-12-19)22(27)24-14-20(26(3)4)16-7-6-8-18(13-16)30-5/h6-13,15,20-21,25H,14H2,1-5H3,(H,24,27)/t20-,21-/m0/s1. The van der Waals surface area contributed by atoms with E-state index in [1.54, 1.807) is 21.0 Å². The number of hydrogen-bond acceptors (Lipinski definition) is 5. The van der Waals surface area contributed by atoms with E-state index in [1.165, 1.54) is 24.3 Å². The molecule has 0 unspecified atom stereocenters. The van der Waals surface area contributed by atoms with Gasteiger partial charge in [-0.2, -0.15) is 4.72 Å². The minimum atomic E-state index is -3.88. The van der Waals surface area contributed by atoms with E-state index in [0.717, 1.165) is 11.3 Å². The van der Waals surface area contributed by atoms with Crippen LogP contribution in [0.25, 0.3) is 0 Å². The van der Waals surface area contributed by atoms with E-state index < -0.39 is 16.1 Å². The molecule has 0 aromatic heterocycles. The van der Waals surface area contributed by atoms with Gasteiger partial charge in [-0.25, -0.2) is 8.42 Å². The lowest BCUT2D eigenvalue weighted by atomic mass is 10.0. The molecule has 1 amide bonds. The van der Waals surface area contributed by atoms with Crippen molar-refractivity contribution in [3.05, 3.63) is 59.1 Å². The van der Waals surface area contributed by atoms with Crippen LogP contribution in [0.5, 0.6) is 5.75 Å². The van der Waals surface area contributed by atoms with Crippen molar-refractivity contribution in [2.45, 2.75) is 30.8 Å². The van der Waals surface area contributed by atoms with Crippen LogP contribution < -0.4 is 14.8 Å². The first kappa shape index (κ1) is 25.1. The Labute approximate surface area is 189 Å². The third kappa shape index (κ3) is 6.93. The predicted molar refractivity (Wildman–Crippen MR) is 123 cm³/mol. The summed E-state index contributed by atoms with van der Waals surface area (Å²) in [6.45, 7) is 3.89. The van der Waals surface area contributed by atoms with Gasteiger partial charge in [0, 0.05) is 11.6 Å². The number of carbonyl (C=O) groups is 1. The SMILES string of the molecule is COc1cccc([C@H](CNC(=O)[C@@H](NS(=O)(=O)c2ccc(Cl)cc2)C(C)C)N(C)C)c1. The molecular formula is C22H30ClN3O4S. The quantitative estimate of drug-likeness (QED) is 0.560. The van der Waals surface area contributed by atoms with Gasteiger partial charge in [-0.3, -0.25) is 4.79 Å². The van der Waals surface area contributed by atoms with E-state index in [2.05, 4.69) is 10.0 Å². The molecule has 0 aliphatic carbocycles. The molecule has 2 N–H and O–H groups in total. The van der Waals surface area contributed by atoms with Crippen molar-refractivity contribution in [3.63, 3.8) is 0 Å². The normalized spacial score (nSPS) is 13.8. The van der Waals surface area contributed by atoms with Gasteiger partial charge >= 0.3 is 0 Å². The van der Waals surface area contributed by atoms with Crippen molar-refractivity contribution in [2.75, 3.05) is 27.7 Å². The molecule has 0 bridgehead atoms. The van der Waals surface area contributed by atoms with Crippen LogP contribution in [0.4, 0.5) is 0 Å². The second-order valence-electron chi connectivity index (χ2n) is 7.80. The van der Waals surface area contributed by atoms with Crippen molar-refractivity contribution in [2.24, 2.45) is 5.92 Å². The molecule has 2 atom stereocenters. The molecule has 0 saturated heterocycles. The van der Waals surface area contributed by atoms with Gasteiger partial charge < -0.3 is 15.0 Å². The van der Waals surface area contributed by atoms with Gasteiger partial charge in [0.05, 0.1) is 18.0 Å². The van der Waals surface area contributed by atoms with E-state index in [0.29, 0.717) is 11.6 Å². The zero-order valence-electron chi connectivity index (χ0n) is 18.4. The third-order valence-corrected chi connectivity index (χ3v) is 6.64. The Morgan fingerprint density at radius 1 is 1.13 bits per heavy atom. The second kappa shape index (κ2) is 10.9. The van der Waals surface area contributed by atoms with E-state index in [4.69, 9.17) is 16.3 Å². The largest absolute Gasteiger partial charge is 0.497 e. The molecule has 0 aliphatic heterocycles. The number of halogens is 1. The van der Waals surface area contributed by atoms with Crippen LogP contribution >= 0.6 is 11.6 Å². The van der Waals surface area contributed by atoms with Gasteiger partial charge in [-0.05, 0) is 62.0 Å². The average molecular weight is 468 g/mol. The van der Waals surface area contributed by atoms with E-state index in [1.807, 2.05) is 43.3 Å². The maximum Gasteiger partial charge on any atom is 0.241 e. The smallest absolute Gasteiger partial charge is 0.241 e. The van der Waals surface area contributed by atoms with Crippen LogP contribution in [-0.2, 0) is 14.8 Å². The fourth-order valence-electron chi connectivity index (χ4n) is 3.10. The number of carbonyl (C=O) groups excluding carboxylic acids is 1. The molecule has 0 heterocycles. The molecule has 9 heteroatoms. The second-order valence-corrected chi connectivity index (χ2v) is 9.95. The molecule has 31 heavy (non-hydrogen) atoms. The summed E-state index contributed by atoms with van der Waals surface area (Å²) < 4.78 is 33.3. The molecule has 0 aliphatic rings. The zero-order chi connectivity index (χ0) is 23.2. The Morgan fingerprint density at radius 2 is 1.77 bits per heavy atom. The van der Waals surface area contributed by atoms with Gasteiger partial charge in [-0.1, -0.05) is 37.6 Å². The maximum atomic E-state index is 12.9. The molecule has 170 valence electrons. The molecule has 2 rings (SSSR count). The fraction of sp³-hybridized carbons (Fsp3) is 0.409. The fourth-order valence-corrected chi connectivity index (χ4v) is 4.57. The molecule has 2 aromatic rings. The van der Waals surface area contributed by atoms with Crippen LogP contribution in [-0.4, -0.2) is 53.0 Å². The summed E-state index contributed by atoms with van der Waals surface area (Å²) in [6, 6.07) is 12.4. The zero-order valence-corrected chi connectivity index (χ0v) is 20.0. The number of ether oxygens (including phenoxy) is 1. The Kier molecular flexibility index (Phi) is 8.88. The molecule has 0 fully saturated rings. The van der Waals surface area contributed by atoms with Gasteiger partial charge in [0.25, 0.3) is 0 Å². The molecule has 0 saturated carbocycles. The van der Waals surface area contributed by atoms with Gasteiger partial charge in [0.2, 0.25) is 15.9 Å². The Hall–Kier alpha value is -2.13. The minimum Gasteiger partial charge on any atom is -0.497 e. The first-order chi connectivity index (χ1) is 14.5. The van der Waals surface area contributed by atoms with Gasteiger partial charge in [0.1, 0.15) is 11.8 Å². The number of amides is 1. The highest BCUT2D eigenvalue weighted by Gasteiger charge is 2.29. The summed E-state index contributed by atoms with van der Waals surface area (Å²) >= 11 is 5.84. The number of methoxy groups -OCH3 is 1. The minimum absolute atomic E-state index is 0.0536. The highest BCUT2D eigenvalue weighted by atomic mass is 35.5. The lowest BCUT2D eigenvalue weighted by Gasteiger charge is -2.27. The van der Waals surface area contributed by atoms with Crippen molar-refractivity contribution in [3.8, 4) is 5.75 Å². The lowest BCUT2D eigenvalue weighted by molar-refractivity contribution is -0.123. The van der Waals surface area contributed by atoms with E-state index >= 15 is 0 Å². The maximum absolute atomic E-state index is 12.9. The van der Waals surface area contributed by atoms with Gasteiger partial charge in [0.15, 0.2) is 0 Å². The monoisotopic (exact) mass is 467 g/mol. The first-order valence-corrected chi connectivity index (χ1v) is 11.8. The number of sulfonamides is 1. The van der Waals surface area contributed by atoms with Crippen molar-refractivity contribution in [1.29, 1.82) is 0 Å². The molecule has 2 aromatic carbocycles. The number of likely N-dealkylation sites (N-methyl/N-ethyl adjacent to an activating group) is 1. The number of benzene rings is 2. The molecular weight excluding hydrogens is 438 g/mol. The van der Waals surface area contributed by atoms with Crippen LogP contribution in [0, 0.1) is 5.92 Å². The number of hydrogen-bond donors (Lipinski definition) is 2. The Morgan fingerprint density at radius 3 is 2.32 bits per heavy atom. The van der Waals surface area contributed by atoms with Crippen molar-refractivity contribution in [1.82, 2.24) is 14.9 Å². The predicted octanol–water partition coefficient (Wildman–Crippen LogP) is 3.07. The summed E-state index contributed by atoms with van der Waals surface area (Å²) in [7, 11) is 1.56. The summed E-state index contributed by atoms with van der Waals surface area (Å²) in [4.78, 5) is 15.0. The number of nitrogens with one attached hydrogen (secondary N) is 2. The number of nitrogens with zero attached hydrogens (tertiary/aromatic N) is 1. The molecule has 0 spiro atoms. The first-order valence-electron chi connectivity index (χ1n) is 9.91. The summed E-state index contributed by atoms with van der Waals surface area (Å²) in [5, 5.41) is 3.33. The molecule has 0 radical (unpaired) electrons. The highest BCUT2D eigenvalue weighted by Crippen LogP contribution is 2.22. The van der Waals surface area contributed by atoms with Crippen LogP contribution in [0.1, 0.15) is 25.5 Å². The van der Waals surface area contributed by atoms with E-state index in [9.17, 15) is 13.2 Å². The van der Waals surface area contributed by atoms with Crippen molar-refractivity contribution < 1.29 is 17.9 Å². The van der Waals surface area contributed by atoms with Crippen LogP contribution in [0.3, 0.4) is 0 Å². The van der Waals surface area contributed by atoms with Crippen LogP contribution in [0.2, 0.25) is 5.02 Å². The average Bonchev–Trinajstić information content (AvgIpc) is 2.72. The molecule has 7 nitrogen and oxygen atoms in total. The van der Waals surface area contributed by atoms with E-state index in [-0.39, 0.29) is 22.8 Å². The van der Waals surface area contributed by atoms with Crippen molar-refractivity contribution >= 4 is 27.5 Å². The number of rotatable bonds is 10. The Bertz CT molecular complexity index is 979. The van der Waals surface area contributed by atoms with Gasteiger partial charge in [-0.15, -0.1) is 0 Å². The van der Waals surface area contributed by atoms with Crippen LogP contribution in [0.15, 0.2) is 53.4 Å². The Balaban J connectivity index is 2.14. The summed E-state index contributed by atoms with van der Waals surface area (Å²) in [6.07, 6.45) is 0. The topological polar surface area (TPSA) is 87.7 Å². The summed E-state index contributed by atoms with van der Waals surface area (Å²) in [5.41, 5.74) is 0.979. The summed E-state index contributed by atoms with van der Waals surface area (Å²) in [5.74, 6) is 0.0884. The highest BCUT2D eigenvalue weighted by molar-refractivity contribution is 7.89. The lowest BCUT2D eigenvalue weighted by Crippen LogP contribution is -2.50. The third-order valence-electron chi connectivity index (χ3n) is 4.93.